The molecule has 0 atom stereocenters. The number of rotatable bonds is 7. The van der Waals surface area contributed by atoms with Gasteiger partial charge in [-0.25, -0.2) is 0 Å². The first-order valence-corrected chi connectivity index (χ1v) is 11.7. The second-order valence-electron chi connectivity index (χ2n) is 6.85. The third kappa shape index (κ3) is 4.65. The summed E-state index contributed by atoms with van der Waals surface area (Å²) in [4.78, 5) is 0. The maximum atomic E-state index is 5.67. The molecule has 1 aliphatic rings. The second-order valence-corrected chi connectivity index (χ2v) is 10.5. The van der Waals surface area contributed by atoms with E-state index in [2.05, 4.69) is 91.0 Å². The quantitative estimate of drug-likeness (QED) is 0.355. The van der Waals surface area contributed by atoms with Crippen LogP contribution in [0, 0.1) is 0 Å². The molecule has 0 unspecified atom stereocenters. The normalized spacial score (nSPS) is 14.6. The minimum Gasteiger partial charge on any atom is -1.00 e. The van der Waals surface area contributed by atoms with E-state index in [1.54, 1.807) is 0 Å². The SMILES string of the molecule is [I-].c1ccc([P+](CCCC2OCCO2)(c2ccccc2)c2ccccc2)cc1. The fourth-order valence-corrected chi connectivity index (χ4v) is 8.32. The smallest absolute Gasteiger partial charge is 0.157 e. The van der Waals surface area contributed by atoms with Crippen LogP contribution in [-0.2, 0) is 9.47 Å². The van der Waals surface area contributed by atoms with Crippen molar-refractivity contribution >= 4 is 23.2 Å². The second kappa shape index (κ2) is 10.5. The zero-order valence-corrected chi connectivity index (χ0v) is 19.0. The lowest BCUT2D eigenvalue weighted by Gasteiger charge is -2.28. The van der Waals surface area contributed by atoms with Crippen LogP contribution >= 0.6 is 7.26 Å². The van der Waals surface area contributed by atoms with Crippen molar-refractivity contribution in [2.75, 3.05) is 19.4 Å². The van der Waals surface area contributed by atoms with Gasteiger partial charge in [0.1, 0.15) is 23.2 Å². The molecular weight excluding hydrogens is 478 g/mol. The van der Waals surface area contributed by atoms with E-state index in [1.807, 2.05) is 0 Å². The van der Waals surface area contributed by atoms with Gasteiger partial charge < -0.3 is 33.5 Å². The summed E-state index contributed by atoms with van der Waals surface area (Å²) >= 11 is 0. The molecule has 3 aromatic rings. The molecule has 0 aromatic heterocycles. The Balaban J connectivity index is 0.00000225. The maximum Gasteiger partial charge on any atom is 0.157 e. The Labute approximate surface area is 185 Å². The molecule has 1 fully saturated rings. The van der Waals surface area contributed by atoms with Crippen LogP contribution in [0.4, 0.5) is 0 Å². The van der Waals surface area contributed by atoms with E-state index in [0.29, 0.717) is 0 Å². The number of benzene rings is 3. The Kier molecular flexibility index (Phi) is 8.04. The molecule has 4 rings (SSSR count). The van der Waals surface area contributed by atoms with Gasteiger partial charge in [0.15, 0.2) is 6.29 Å². The van der Waals surface area contributed by atoms with E-state index >= 15 is 0 Å². The van der Waals surface area contributed by atoms with E-state index in [-0.39, 0.29) is 30.3 Å². The zero-order chi connectivity index (χ0) is 18.4. The fourth-order valence-electron chi connectivity index (χ4n) is 3.95. The van der Waals surface area contributed by atoms with Crippen LogP contribution in [0.15, 0.2) is 91.0 Å². The van der Waals surface area contributed by atoms with Gasteiger partial charge in [0.05, 0.1) is 19.4 Å². The molecule has 28 heavy (non-hydrogen) atoms. The predicted molar refractivity (Wildman–Crippen MR) is 115 cm³/mol. The third-order valence-corrected chi connectivity index (χ3v) is 9.74. The van der Waals surface area contributed by atoms with Gasteiger partial charge in [-0.05, 0) is 42.8 Å². The van der Waals surface area contributed by atoms with Gasteiger partial charge in [-0.1, -0.05) is 54.6 Å². The molecule has 1 saturated heterocycles. The van der Waals surface area contributed by atoms with E-state index < -0.39 is 7.26 Å². The molecule has 0 saturated carbocycles. The lowest BCUT2D eigenvalue weighted by Crippen LogP contribution is -3.00. The highest BCUT2D eigenvalue weighted by molar-refractivity contribution is 7.95. The number of halogens is 1. The molecule has 0 amide bonds. The third-order valence-electron chi connectivity index (χ3n) is 5.22. The van der Waals surface area contributed by atoms with Crippen molar-refractivity contribution in [2.45, 2.75) is 19.1 Å². The van der Waals surface area contributed by atoms with Crippen LogP contribution in [0.3, 0.4) is 0 Å². The standard InChI is InChI=1S/C24H26O2P.HI/c1-4-11-21(12-5-1)27(22-13-6-2-7-14-22,23-15-8-3-9-16-23)20-10-17-24-25-18-19-26-24;/h1-9,11-16,24H,10,17-20H2;1H/q+1;/p-1. The van der Waals surface area contributed by atoms with Gasteiger partial charge >= 0.3 is 0 Å². The Bertz CT molecular complexity index is 724. The Morgan fingerprint density at radius 3 is 1.43 bits per heavy atom. The van der Waals surface area contributed by atoms with Crippen molar-refractivity contribution in [3.63, 3.8) is 0 Å². The van der Waals surface area contributed by atoms with Gasteiger partial charge in [0.25, 0.3) is 0 Å². The number of hydrogen-bond donors (Lipinski definition) is 0. The summed E-state index contributed by atoms with van der Waals surface area (Å²) in [6.45, 7) is 1.45. The highest BCUT2D eigenvalue weighted by Gasteiger charge is 2.44. The first-order valence-electron chi connectivity index (χ1n) is 9.68. The minimum atomic E-state index is -1.72. The summed E-state index contributed by atoms with van der Waals surface area (Å²) in [6, 6.07) is 33.1. The van der Waals surface area contributed by atoms with Crippen molar-refractivity contribution in [1.29, 1.82) is 0 Å². The van der Waals surface area contributed by atoms with E-state index in [9.17, 15) is 0 Å². The van der Waals surface area contributed by atoms with Gasteiger partial charge in [0, 0.05) is 6.42 Å². The van der Waals surface area contributed by atoms with Gasteiger partial charge in [0.2, 0.25) is 0 Å². The summed E-state index contributed by atoms with van der Waals surface area (Å²) < 4.78 is 11.3. The monoisotopic (exact) mass is 504 g/mol. The molecule has 0 spiro atoms. The van der Waals surface area contributed by atoms with Crippen LogP contribution in [0.5, 0.6) is 0 Å². The molecule has 4 heteroatoms. The van der Waals surface area contributed by atoms with Crippen molar-refractivity contribution < 1.29 is 33.5 Å². The Morgan fingerprint density at radius 1 is 0.643 bits per heavy atom. The van der Waals surface area contributed by atoms with Crippen molar-refractivity contribution in [3.05, 3.63) is 91.0 Å². The summed E-state index contributed by atoms with van der Waals surface area (Å²) in [5, 5.41) is 4.32. The number of hydrogen-bond acceptors (Lipinski definition) is 2. The highest BCUT2D eigenvalue weighted by Crippen LogP contribution is 2.56. The van der Waals surface area contributed by atoms with E-state index in [0.717, 1.165) is 32.2 Å². The molecular formula is C24H26IO2P. The van der Waals surface area contributed by atoms with Crippen molar-refractivity contribution in [2.24, 2.45) is 0 Å². The maximum absolute atomic E-state index is 5.67. The molecule has 0 aliphatic carbocycles. The molecule has 146 valence electrons. The van der Waals surface area contributed by atoms with Crippen molar-refractivity contribution in [3.8, 4) is 0 Å². The van der Waals surface area contributed by atoms with Gasteiger partial charge in [-0.15, -0.1) is 0 Å². The first kappa shape index (κ1) is 21.4. The van der Waals surface area contributed by atoms with Crippen LogP contribution < -0.4 is 39.9 Å². The molecule has 3 aromatic carbocycles. The average Bonchev–Trinajstić information content (AvgIpc) is 3.27. The largest absolute Gasteiger partial charge is 1.00 e. The average molecular weight is 504 g/mol. The van der Waals surface area contributed by atoms with E-state index in [4.69, 9.17) is 9.47 Å². The predicted octanol–water partition coefficient (Wildman–Crippen LogP) is 1.14. The van der Waals surface area contributed by atoms with E-state index in [1.165, 1.54) is 15.9 Å². The Hall–Kier alpha value is -1.26. The molecule has 2 nitrogen and oxygen atoms in total. The number of ether oxygens (including phenoxy) is 2. The summed E-state index contributed by atoms with van der Waals surface area (Å²) in [6.07, 6.45) is 3.12. The van der Waals surface area contributed by atoms with Crippen LogP contribution in [0.1, 0.15) is 12.8 Å². The van der Waals surface area contributed by atoms with Gasteiger partial charge in [-0.2, -0.15) is 0 Å². The van der Waals surface area contributed by atoms with Gasteiger partial charge in [-0.3, -0.25) is 0 Å². The first-order chi connectivity index (χ1) is 13.4. The topological polar surface area (TPSA) is 18.5 Å². The molecule has 1 aliphatic heterocycles. The molecule has 0 radical (unpaired) electrons. The van der Waals surface area contributed by atoms with Crippen LogP contribution in [0.2, 0.25) is 0 Å². The van der Waals surface area contributed by atoms with Crippen molar-refractivity contribution in [1.82, 2.24) is 0 Å². The fraction of sp³-hybridized carbons (Fsp3) is 0.250. The summed E-state index contributed by atoms with van der Waals surface area (Å²) in [5.74, 6) is 0. The molecule has 1 heterocycles. The minimum absolute atomic E-state index is 0. The Morgan fingerprint density at radius 2 is 1.04 bits per heavy atom. The highest BCUT2D eigenvalue weighted by atomic mass is 127. The van der Waals surface area contributed by atoms with Crippen LogP contribution in [0.25, 0.3) is 0 Å². The molecule has 0 bridgehead atoms. The molecule has 0 N–H and O–H groups in total. The lowest BCUT2D eigenvalue weighted by molar-refractivity contribution is -0.0467. The van der Waals surface area contributed by atoms with Crippen LogP contribution in [-0.4, -0.2) is 25.7 Å². The lowest BCUT2D eigenvalue weighted by atomic mass is 10.3. The zero-order valence-electron chi connectivity index (χ0n) is 15.9. The summed E-state index contributed by atoms with van der Waals surface area (Å²) in [7, 11) is -1.72. The summed E-state index contributed by atoms with van der Waals surface area (Å²) in [5.41, 5.74) is 0.